The molecule has 2 rings (SSSR count). The SMILES string of the molecule is CNC(Cc1ncc[nH]1)c1cccc(Cl)c1. The smallest absolute Gasteiger partial charge is 0.107 e. The molecule has 2 aromatic rings. The average Bonchev–Trinajstić information content (AvgIpc) is 2.78. The zero-order chi connectivity index (χ0) is 11.4. The topological polar surface area (TPSA) is 40.7 Å². The van der Waals surface area contributed by atoms with Crippen LogP contribution < -0.4 is 5.32 Å². The minimum Gasteiger partial charge on any atom is -0.349 e. The first kappa shape index (κ1) is 11.2. The van der Waals surface area contributed by atoms with Gasteiger partial charge in [0.15, 0.2) is 0 Å². The van der Waals surface area contributed by atoms with Crippen molar-refractivity contribution < 1.29 is 0 Å². The molecule has 16 heavy (non-hydrogen) atoms. The van der Waals surface area contributed by atoms with E-state index in [1.807, 2.05) is 31.4 Å². The number of H-pyrrole nitrogens is 1. The molecular weight excluding hydrogens is 222 g/mol. The second-order valence-electron chi connectivity index (χ2n) is 3.64. The van der Waals surface area contributed by atoms with Gasteiger partial charge in [-0.15, -0.1) is 0 Å². The predicted octanol–water partition coefficient (Wildman–Crippen LogP) is 2.57. The minimum absolute atomic E-state index is 0.227. The van der Waals surface area contributed by atoms with E-state index in [1.165, 1.54) is 5.56 Å². The molecule has 4 heteroatoms. The highest BCUT2D eigenvalue weighted by Gasteiger charge is 2.11. The van der Waals surface area contributed by atoms with Crippen molar-refractivity contribution >= 4 is 11.6 Å². The highest BCUT2D eigenvalue weighted by atomic mass is 35.5. The number of imidazole rings is 1. The predicted molar refractivity (Wildman–Crippen MR) is 65.5 cm³/mol. The maximum atomic E-state index is 5.98. The van der Waals surface area contributed by atoms with Crippen molar-refractivity contribution in [1.29, 1.82) is 0 Å². The molecule has 1 aromatic heterocycles. The molecule has 1 heterocycles. The lowest BCUT2D eigenvalue weighted by Gasteiger charge is -2.15. The van der Waals surface area contributed by atoms with Crippen LogP contribution in [0.15, 0.2) is 36.7 Å². The first-order chi connectivity index (χ1) is 7.79. The first-order valence-electron chi connectivity index (χ1n) is 5.20. The molecule has 0 saturated carbocycles. The van der Waals surface area contributed by atoms with Crippen LogP contribution in [0.25, 0.3) is 0 Å². The van der Waals surface area contributed by atoms with Gasteiger partial charge in [-0.3, -0.25) is 0 Å². The molecule has 1 atom stereocenters. The summed E-state index contributed by atoms with van der Waals surface area (Å²) in [5.74, 6) is 0.972. The summed E-state index contributed by atoms with van der Waals surface area (Å²) in [5, 5.41) is 4.03. The summed E-state index contributed by atoms with van der Waals surface area (Å²) in [5.41, 5.74) is 1.17. The molecular formula is C12H14ClN3. The molecule has 1 aromatic carbocycles. The van der Waals surface area contributed by atoms with Gasteiger partial charge in [0, 0.05) is 29.9 Å². The van der Waals surface area contributed by atoms with E-state index in [0.29, 0.717) is 0 Å². The van der Waals surface area contributed by atoms with Gasteiger partial charge in [-0.1, -0.05) is 23.7 Å². The first-order valence-corrected chi connectivity index (χ1v) is 5.58. The fourth-order valence-corrected chi connectivity index (χ4v) is 1.91. The molecule has 0 amide bonds. The molecule has 84 valence electrons. The Hall–Kier alpha value is -1.32. The van der Waals surface area contributed by atoms with E-state index in [0.717, 1.165) is 17.3 Å². The number of hydrogen-bond acceptors (Lipinski definition) is 2. The van der Waals surface area contributed by atoms with Crippen LogP contribution in [0.5, 0.6) is 0 Å². The fraction of sp³-hybridized carbons (Fsp3) is 0.250. The van der Waals surface area contributed by atoms with Gasteiger partial charge < -0.3 is 10.3 Å². The zero-order valence-corrected chi connectivity index (χ0v) is 9.83. The summed E-state index contributed by atoms with van der Waals surface area (Å²) in [7, 11) is 1.94. The minimum atomic E-state index is 0.227. The largest absolute Gasteiger partial charge is 0.349 e. The Labute approximate surface area is 99.9 Å². The summed E-state index contributed by atoms with van der Waals surface area (Å²) in [4.78, 5) is 7.33. The second kappa shape index (κ2) is 5.14. The number of halogens is 1. The van der Waals surface area contributed by atoms with Gasteiger partial charge in [0.05, 0.1) is 0 Å². The quantitative estimate of drug-likeness (QED) is 0.855. The van der Waals surface area contributed by atoms with E-state index in [-0.39, 0.29) is 6.04 Å². The maximum Gasteiger partial charge on any atom is 0.107 e. The number of nitrogens with zero attached hydrogens (tertiary/aromatic N) is 1. The summed E-state index contributed by atoms with van der Waals surface area (Å²) < 4.78 is 0. The summed E-state index contributed by atoms with van der Waals surface area (Å²) >= 11 is 5.98. The fourth-order valence-electron chi connectivity index (χ4n) is 1.71. The van der Waals surface area contributed by atoms with Gasteiger partial charge >= 0.3 is 0 Å². The van der Waals surface area contributed by atoms with Gasteiger partial charge in [-0.25, -0.2) is 4.98 Å². The maximum absolute atomic E-state index is 5.98. The number of nitrogens with one attached hydrogen (secondary N) is 2. The number of likely N-dealkylation sites (N-methyl/N-ethyl adjacent to an activating group) is 1. The van der Waals surface area contributed by atoms with Crippen LogP contribution in [0, 0.1) is 0 Å². The third-order valence-electron chi connectivity index (χ3n) is 2.55. The lowest BCUT2D eigenvalue weighted by Crippen LogP contribution is -2.19. The third kappa shape index (κ3) is 2.62. The Morgan fingerprint density at radius 3 is 3.00 bits per heavy atom. The highest BCUT2D eigenvalue weighted by Crippen LogP contribution is 2.19. The third-order valence-corrected chi connectivity index (χ3v) is 2.79. The van der Waals surface area contributed by atoms with E-state index in [2.05, 4.69) is 21.4 Å². The van der Waals surface area contributed by atoms with Crippen LogP contribution in [0.4, 0.5) is 0 Å². The van der Waals surface area contributed by atoms with Gasteiger partial charge in [-0.2, -0.15) is 0 Å². The molecule has 0 bridgehead atoms. The van der Waals surface area contributed by atoms with Crippen LogP contribution in [-0.4, -0.2) is 17.0 Å². The Bertz CT molecular complexity index is 439. The number of aromatic amines is 1. The number of hydrogen-bond donors (Lipinski definition) is 2. The molecule has 0 fully saturated rings. The summed E-state index contributed by atoms with van der Waals surface area (Å²) in [6.07, 6.45) is 4.42. The molecule has 0 saturated heterocycles. The lowest BCUT2D eigenvalue weighted by atomic mass is 10.0. The number of benzene rings is 1. The van der Waals surface area contributed by atoms with Crippen molar-refractivity contribution in [3.63, 3.8) is 0 Å². The number of rotatable bonds is 4. The molecule has 3 nitrogen and oxygen atoms in total. The molecule has 2 N–H and O–H groups in total. The Kier molecular flexibility index (Phi) is 3.59. The molecule has 0 aliphatic rings. The van der Waals surface area contributed by atoms with E-state index >= 15 is 0 Å². The van der Waals surface area contributed by atoms with Gasteiger partial charge in [0.25, 0.3) is 0 Å². The van der Waals surface area contributed by atoms with Crippen LogP contribution in [0.2, 0.25) is 5.02 Å². The van der Waals surface area contributed by atoms with Gasteiger partial charge in [0.1, 0.15) is 5.82 Å². The molecule has 0 radical (unpaired) electrons. The molecule has 0 spiro atoms. The summed E-state index contributed by atoms with van der Waals surface area (Å²) in [6.45, 7) is 0. The van der Waals surface area contributed by atoms with Crippen LogP contribution in [0.3, 0.4) is 0 Å². The zero-order valence-electron chi connectivity index (χ0n) is 9.07. The second-order valence-corrected chi connectivity index (χ2v) is 4.07. The van der Waals surface area contributed by atoms with E-state index < -0.39 is 0 Å². The van der Waals surface area contributed by atoms with E-state index in [4.69, 9.17) is 11.6 Å². The Morgan fingerprint density at radius 1 is 1.50 bits per heavy atom. The van der Waals surface area contributed by atoms with Crippen molar-refractivity contribution in [2.24, 2.45) is 0 Å². The molecule has 0 aliphatic heterocycles. The highest BCUT2D eigenvalue weighted by molar-refractivity contribution is 6.30. The monoisotopic (exact) mass is 235 g/mol. The number of aromatic nitrogens is 2. The average molecular weight is 236 g/mol. The van der Waals surface area contributed by atoms with Crippen molar-refractivity contribution in [2.75, 3.05) is 7.05 Å². The molecule has 0 aliphatic carbocycles. The van der Waals surface area contributed by atoms with E-state index in [9.17, 15) is 0 Å². The van der Waals surface area contributed by atoms with Gasteiger partial charge in [0.2, 0.25) is 0 Å². The van der Waals surface area contributed by atoms with Crippen LogP contribution >= 0.6 is 11.6 Å². The molecule has 1 unspecified atom stereocenters. The summed E-state index contributed by atoms with van der Waals surface area (Å²) in [6, 6.07) is 8.11. The van der Waals surface area contributed by atoms with Crippen molar-refractivity contribution in [2.45, 2.75) is 12.5 Å². The standard InChI is InChI=1S/C12H14ClN3/c1-14-11(8-12-15-5-6-16-12)9-3-2-4-10(13)7-9/h2-7,11,14H,8H2,1H3,(H,15,16). The Balaban J connectivity index is 2.16. The van der Waals surface area contributed by atoms with Crippen molar-refractivity contribution in [3.05, 3.63) is 53.1 Å². The Morgan fingerprint density at radius 2 is 2.38 bits per heavy atom. The van der Waals surface area contributed by atoms with E-state index in [1.54, 1.807) is 6.20 Å². The lowest BCUT2D eigenvalue weighted by molar-refractivity contribution is 0.578. The van der Waals surface area contributed by atoms with Crippen molar-refractivity contribution in [1.82, 2.24) is 15.3 Å². The van der Waals surface area contributed by atoms with Crippen LogP contribution in [0.1, 0.15) is 17.4 Å². The van der Waals surface area contributed by atoms with Gasteiger partial charge in [-0.05, 0) is 24.7 Å². The normalized spacial score (nSPS) is 12.6. The van der Waals surface area contributed by atoms with Crippen LogP contribution in [-0.2, 0) is 6.42 Å². The van der Waals surface area contributed by atoms with Crippen molar-refractivity contribution in [3.8, 4) is 0 Å².